The first-order valence-electron chi connectivity index (χ1n) is 5.50. The highest BCUT2D eigenvalue weighted by Gasteiger charge is 2.24. The predicted octanol–water partition coefficient (Wildman–Crippen LogP) is 2.68. The van der Waals surface area contributed by atoms with E-state index in [2.05, 4.69) is 0 Å². The summed E-state index contributed by atoms with van der Waals surface area (Å²) in [6.45, 7) is 5.99. The smallest absolute Gasteiger partial charge is 0.0736 e. The van der Waals surface area contributed by atoms with Crippen molar-refractivity contribution in [3.05, 3.63) is 29.8 Å². The minimum atomic E-state index is -0.639. The average molecular weight is 240 g/mol. The Morgan fingerprint density at radius 2 is 1.81 bits per heavy atom. The summed E-state index contributed by atoms with van der Waals surface area (Å²) in [7, 11) is 0. The summed E-state index contributed by atoms with van der Waals surface area (Å²) in [6.07, 6.45) is 0. The maximum absolute atomic E-state index is 10.1. The summed E-state index contributed by atoms with van der Waals surface area (Å²) in [6, 6.07) is 7.78. The van der Waals surface area contributed by atoms with Gasteiger partial charge in [-0.2, -0.15) is 0 Å². The largest absolute Gasteiger partial charge is 0.392 e. The van der Waals surface area contributed by atoms with Crippen LogP contribution < -0.4 is 0 Å². The molecule has 1 aromatic rings. The van der Waals surface area contributed by atoms with E-state index in [-0.39, 0.29) is 12.5 Å². The Morgan fingerprint density at radius 1 is 1.25 bits per heavy atom. The van der Waals surface area contributed by atoms with Gasteiger partial charge in [0.1, 0.15) is 0 Å². The first-order valence-corrected chi connectivity index (χ1v) is 6.49. The lowest BCUT2D eigenvalue weighted by molar-refractivity contribution is 0.0376. The highest BCUT2D eigenvalue weighted by Crippen LogP contribution is 2.27. The molecule has 2 N–H and O–H groups in total. The van der Waals surface area contributed by atoms with E-state index in [1.165, 1.54) is 0 Å². The van der Waals surface area contributed by atoms with Crippen LogP contribution in [0.3, 0.4) is 0 Å². The van der Waals surface area contributed by atoms with Crippen LogP contribution in [0.4, 0.5) is 0 Å². The molecule has 0 aliphatic rings. The number of hydrogen-bond donors (Lipinski definition) is 2. The molecule has 1 aromatic carbocycles. The van der Waals surface area contributed by atoms with Crippen LogP contribution in [0.1, 0.15) is 26.3 Å². The van der Waals surface area contributed by atoms with Gasteiger partial charge in [0.05, 0.1) is 12.2 Å². The molecule has 0 aliphatic carbocycles. The van der Waals surface area contributed by atoms with Crippen LogP contribution in [-0.2, 0) is 6.61 Å². The first kappa shape index (κ1) is 13.6. The molecule has 0 saturated carbocycles. The second-order valence-corrected chi connectivity index (χ2v) is 5.65. The van der Waals surface area contributed by atoms with Crippen molar-refractivity contribution in [2.45, 2.75) is 37.9 Å². The van der Waals surface area contributed by atoms with E-state index >= 15 is 0 Å². The SMILES string of the molecule is CC(C)C(C)(O)CSc1ccc(CO)cc1. The van der Waals surface area contributed by atoms with E-state index < -0.39 is 5.60 Å². The second kappa shape index (κ2) is 5.71. The third-order valence-electron chi connectivity index (χ3n) is 2.88. The molecule has 1 rings (SSSR count). The Bertz CT molecular complexity index is 317. The van der Waals surface area contributed by atoms with Crippen molar-refractivity contribution in [3.63, 3.8) is 0 Å². The molecule has 0 amide bonds. The van der Waals surface area contributed by atoms with Crippen LogP contribution in [0, 0.1) is 5.92 Å². The number of thioether (sulfide) groups is 1. The molecule has 0 saturated heterocycles. The predicted molar refractivity (Wildman–Crippen MR) is 68.6 cm³/mol. The zero-order chi connectivity index (χ0) is 12.2. The van der Waals surface area contributed by atoms with Gasteiger partial charge in [-0.15, -0.1) is 11.8 Å². The van der Waals surface area contributed by atoms with E-state index in [1.807, 2.05) is 45.0 Å². The molecule has 0 aromatic heterocycles. The van der Waals surface area contributed by atoms with E-state index in [9.17, 15) is 5.11 Å². The number of aliphatic hydroxyl groups excluding tert-OH is 1. The summed E-state index contributed by atoms with van der Waals surface area (Å²) >= 11 is 1.64. The Labute approximate surface area is 102 Å². The van der Waals surface area contributed by atoms with Crippen LogP contribution in [0.5, 0.6) is 0 Å². The van der Waals surface area contributed by atoms with Crippen molar-refractivity contribution in [1.29, 1.82) is 0 Å². The van der Waals surface area contributed by atoms with Gasteiger partial charge in [0.15, 0.2) is 0 Å². The molecule has 2 nitrogen and oxygen atoms in total. The first-order chi connectivity index (χ1) is 7.45. The summed E-state index contributed by atoms with van der Waals surface area (Å²) in [5.41, 5.74) is 0.278. The lowest BCUT2D eigenvalue weighted by Gasteiger charge is -2.27. The monoisotopic (exact) mass is 240 g/mol. The summed E-state index contributed by atoms with van der Waals surface area (Å²) in [5.74, 6) is 0.931. The molecule has 0 heterocycles. The number of hydrogen-bond acceptors (Lipinski definition) is 3. The fraction of sp³-hybridized carbons (Fsp3) is 0.538. The van der Waals surface area contributed by atoms with Crippen molar-refractivity contribution < 1.29 is 10.2 Å². The van der Waals surface area contributed by atoms with Crippen LogP contribution in [0.2, 0.25) is 0 Å². The summed E-state index contributed by atoms with van der Waals surface area (Å²) in [5, 5.41) is 19.0. The summed E-state index contributed by atoms with van der Waals surface area (Å²) in [4.78, 5) is 1.12. The lowest BCUT2D eigenvalue weighted by Crippen LogP contribution is -2.33. The van der Waals surface area contributed by atoms with Crippen LogP contribution in [0.25, 0.3) is 0 Å². The fourth-order valence-electron chi connectivity index (χ4n) is 1.09. The molecule has 0 aliphatic heterocycles. The average Bonchev–Trinajstić information content (AvgIpc) is 2.27. The van der Waals surface area contributed by atoms with Crippen molar-refractivity contribution in [2.75, 3.05) is 5.75 Å². The van der Waals surface area contributed by atoms with Crippen LogP contribution in [0.15, 0.2) is 29.2 Å². The standard InChI is InChI=1S/C13H20O2S/c1-10(2)13(3,15)9-16-12-6-4-11(8-14)5-7-12/h4-7,10,14-15H,8-9H2,1-3H3. The molecular weight excluding hydrogens is 220 g/mol. The van der Waals surface area contributed by atoms with Crippen molar-refractivity contribution in [2.24, 2.45) is 5.92 Å². The van der Waals surface area contributed by atoms with E-state index in [1.54, 1.807) is 11.8 Å². The minimum Gasteiger partial charge on any atom is -0.392 e. The van der Waals surface area contributed by atoms with Crippen molar-refractivity contribution in [3.8, 4) is 0 Å². The molecular formula is C13H20O2S. The molecule has 1 unspecified atom stereocenters. The van der Waals surface area contributed by atoms with E-state index in [0.29, 0.717) is 5.75 Å². The highest BCUT2D eigenvalue weighted by atomic mass is 32.2. The molecule has 0 bridgehead atoms. The zero-order valence-corrected chi connectivity index (χ0v) is 10.9. The molecule has 0 fully saturated rings. The van der Waals surface area contributed by atoms with Gasteiger partial charge >= 0.3 is 0 Å². The number of aliphatic hydroxyl groups is 2. The van der Waals surface area contributed by atoms with Gasteiger partial charge in [0.25, 0.3) is 0 Å². The van der Waals surface area contributed by atoms with Crippen LogP contribution >= 0.6 is 11.8 Å². The second-order valence-electron chi connectivity index (χ2n) is 4.60. The van der Waals surface area contributed by atoms with Gasteiger partial charge < -0.3 is 10.2 Å². The molecule has 16 heavy (non-hydrogen) atoms. The highest BCUT2D eigenvalue weighted by molar-refractivity contribution is 7.99. The molecule has 1 atom stereocenters. The normalized spacial score (nSPS) is 15.1. The van der Waals surface area contributed by atoms with E-state index in [0.717, 1.165) is 10.5 Å². The molecule has 3 heteroatoms. The third-order valence-corrected chi connectivity index (χ3v) is 4.22. The van der Waals surface area contributed by atoms with E-state index in [4.69, 9.17) is 5.11 Å². The summed E-state index contributed by atoms with van der Waals surface area (Å²) < 4.78 is 0. The maximum atomic E-state index is 10.1. The number of benzene rings is 1. The van der Waals surface area contributed by atoms with Crippen molar-refractivity contribution in [1.82, 2.24) is 0 Å². The van der Waals surface area contributed by atoms with Crippen molar-refractivity contribution >= 4 is 11.8 Å². The quantitative estimate of drug-likeness (QED) is 0.777. The van der Waals surface area contributed by atoms with Gasteiger partial charge in [-0.1, -0.05) is 26.0 Å². The molecule has 0 radical (unpaired) electrons. The molecule has 0 spiro atoms. The molecule has 90 valence electrons. The van der Waals surface area contributed by atoms with Crippen LogP contribution in [-0.4, -0.2) is 21.6 Å². The Hall–Kier alpha value is -0.510. The van der Waals surface area contributed by atoms with Gasteiger partial charge in [0.2, 0.25) is 0 Å². The van der Waals surface area contributed by atoms with Gasteiger partial charge in [-0.3, -0.25) is 0 Å². The number of rotatable bonds is 5. The Balaban J connectivity index is 2.54. The van der Waals surface area contributed by atoms with Gasteiger partial charge in [-0.25, -0.2) is 0 Å². The lowest BCUT2D eigenvalue weighted by atomic mass is 9.95. The maximum Gasteiger partial charge on any atom is 0.0736 e. The Kier molecular flexibility index (Phi) is 4.84. The topological polar surface area (TPSA) is 40.5 Å². The fourth-order valence-corrected chi connectivity index (χ4v) is 2.21. The van der Waals surface area contributed by atoms with Gasteiger partial charge in [-0.05, 0) is 30.5 Å². The van der Waals surface area contributed by atoms with Gasteiger partial charge in [0, 0.05) is 10.6 Å². The minimum absolute atomic E-state index is 0.0780. The zero-order valence-electron chi connectivity index (χ0n) is 10.1. The third kappa shape index (κ3) is 3.81. The Morgan fingerprint density at radius 3 is 2.25 bits per heavy atom.